The van der Waals surface area contributed by atoms with E-state index in [1.807, 2.05) is 0 Å². The molecule has 1 aromatic heterocycles. The molecule has 0 amide bonds. The summed E-state index contributed by atoms with van der Waals surface area (Å²) in [6, 6.07) is 0.614. The molecule has 0 saturated carbocycles. The Hall–Kier alpha value is -2.71. The summed E-state index contributed by atoms with van der Waals surface area (Å²) in [5.41, 5.74) is -2.26. The predicted octanol–water partition coefficient (Wildman–Crippen LogP) is 4.75. The Morgan fingerprint density at radius 2 is 1.92 bits per heavy atom. The monoisotopic (exact) mass is 373 g/mol. The van der Waals surface area contributed by atoms with Crippen molar-refractivity contribution < 1.29 is 26.7 Å². The van der Waals surface area contributed by atoms with Crippen LogP contribution in [0.4, 0.5) is 27.8 Å². The molecule has 4 nitrogen and oxygen atoms in total. The Balaban J connectivity index is 2.93. The molecule has 0 radical (unpaired) electrons. The van der Waals surface area contributed by atoms with Crippen molar-refractivity contribution in [2.45, 2.75) is 13.1 Å². The smallest absolute Gasteiger partial charge is 0.417 e. The quantitative estimate of drug-likeness (QED) is 0.560. The number of anilines is 1. The number of hydrogen-bond donors (Lipinski definition) is 0. The van der Waals surface area contributed by atoms with Gasteiger partial charge in [0.15, 0.2) is 5.82 Å². The van der Waals surface area contributed by atoms with E-state index in [9.17, 15) is 22.0 Å². The predicted molar refractivity (Wildman–Crippen MR) is 89.3 cm³/mol. The second-order valence-electron chi connectivity index (χ2n) is 5.27. The molecule has 0 saturated heterocycles. The van der Waals surface area contributed by atoms with Gasteiger partial charge in [-0.15, -0.1) is 0 Å². The van der Waals surface area contributed by atoms with Gasteiger partial charge >= 0.3 is 12.2 Å². The van der Waals surface area contributed by atoms with Gasteiger partial charge in [0.25, 0.3) is 0 Å². The Morgan fingerprint density at radius 3 is 2.46 bits per heavy atom. The molecule has 0 aliphatic rings. The molecule has 9 heteroatoms. The highest BCUT2D eigenvalue weighted by molar-refractivity contribution is 5.93. The largest absolute Gasteiger partial charge is 0.467 e. The van der Waals surface area contributed by atoms with Gasteiger partial charge in [0.05, 0.1) is 19.0 Å². The van der Waals surface area contributed by atoms with Crippen LogP contribution in [-0.2, 0) is 6.18 Å². The van der Waals surface area contributed by atoms with Crippen molar-refractivity contribution in [3.63, 3.8) is 0 Å². The summed E-state index contributed by atoms with van der Waals surface area (Å²) in [7, 11) is 2.87. The molecule has 1 heterocycles. The molecule has 1 aromatic carbocycles. The third-order valence-electron chi connectivity index (χ3n) is 3.70. The van der Waals surface area contributed by atoms with Crippen molar-refractivity contribution in [1.29, 1.82) is 0 Å². The van der Waals surface area contributed by atoms with Gasteiger partial charge in [-0.2, -0.15) is 23.1 Å². The Morgan fingerprint density at radius 1 is 1.23 bits per heavy atom. The number of allylic oxidation sites excluding steroid dienone is 2. The number of alkyl halides is 3. The molecular formula is C17H16F5N3O. The lowest BCUT2D eigenvalue weighted by Gasteiger charge is -2.20. The standard InChI is InChI=1S/C17H16F5N3O/c1-4-25(2)15-11-9-12(17(20,21)22)10(7-5-6-8-18)13(19)14(11)23-16(24-15)26-3/h5-9H,4H2,1-3H3/b7-5+,8-6+. The molecule has 2 aromatic rings. The van der Waals surface area contributed by atoms with E-state index in [2.05, 4.69) is 9.97 Å². The van der Waals surface area contributed by atoms with Crippen LogP contribution in [0, 0.1) is 5.82 Å². The van der Waals surface area contributed by atoms with E-state index in [0.717, 1.165) is 24.3 Å². The van der Waals surface area contributed by atoms with Gasteiger partial charge in [-0.25, -0.2) is 8.78 Å². The Labute approximate surface area is 146 Å². The maximum Gasteiger partial charge on any atom is 0.417 e. The fourth-order valence-corrected chi connectivity index (χ4v) is 2.33. The maximum absolute atomic E-state index is 14.9. The van der Waals surface area contributed by atoms with Crippen molar-refractivity contribution >= 4 is 22.8 Å². The molecule has 0 aliphatic carbocycles. The molecule has 2 rings (SSSR count). The van der Waals surface area contributed by atoms with Crippen LogP contribution in [0.15, 0.2) is 24.5 Å². The van der Waals surface area contributed by atoms with Crippen LogP contribution in [0.5, 0.6) is 6.01 Å². The van der Waals surface area contributed by atoms with Gasteiger partial charge in [-0.3, -0.25) is 0 Å². The van der Waals surface area contributed by atoms with E-state index in [4.69, 9.17) is 4.74 Å². The molecule has 26 heavy (non-hydrogen) atoms. The van der Waals surface area contributed by atoms with E-state index >= 15 is 0 Å². The van der Waals surface area contributed by atoms with Gasteiger partial charge < -0.3 is 9.64 Å². The van der Waals surface area contributed by atoms with Crippen LogP contribution in [0.1, 0.15) is 18.1 Å². The molecule has 0 spiro atoms. The third-order valence-corrected chi connectivity index (χ3v) is 3.70. The van der Waals surface area contributed by atoms with E-state index in [1.165, 1.54) is 7.11 Å². The number of hydrogen-bond acceptors (Lipinski definition) is 4. The summed E-state index contributed by atoms with van der Waals surface area (Å²) >= 11 is 0. The highest BCUT2D eigenvalue weighted by atomic mass is 19.4. The summed E-state index contributed by atoms with van der Waals surface area (Å²) in [5, 5.41) is -0.0989. The first-order valence-corrected chi connectivity index (χ1v) is 7.54. The highest BCUT2D eigenvalue weighted by Crippen LogP contribution is 2.39. The molecular weight excluding hydrogens is 357 g/mol. The Bertz CT molecular complexity index is 862. The fourth-order valence-electron chi connectivity index (χ4n) is 2.33. The number of fused-ring (bicyclic) bond motifs is 1. The molecule has 0 N–H and O–H groups in total. The molecule has 0 fully saturated rings. The van der Waals surface area contributed by atoms with E-state index in [0.29, 0.717) is 6.54 Å². The van der Waals surface area contributed by atoms with Crippen molar-refractivity contribution in [2.75, 3.05) is 25.6 Å². The van der Waals surface area contributed by atoms with E-state index in [-0.39, 0.29) is 29.1 Å². The lowest BCUT2D eigenvalue weighted by Crippen LogP contribution is -2.19. The number of aromatic nitrogens is 2. The number of halogens is 5. The van der Waals surface area contributed by atoms with Crippen LogP contribution in [-0.4, -0.2) is 30.7 Å². The third kappa shape index (κ3) is 3.76. The summed E-state index contributed by atoms with van der Waals surface area (Å²) in [6.45, 7) is 2.18. The van der Waals surface area contributed by atoms with Crippen LogP contribution in [0.25, 0.3) is 17.0 Å². The van der Waals surface area contributed by atoms with Crippen molar-refractivity contribution in [3.05, 3.63) is 41.5 Å². The molecule has 0 aliphatic heterocycles. The lowest BCUT2D eigenvalue weighted by molar-refractivity contribution is -0.137. The lowest BCUT2D eigenvalue weighted by atomic mass is 10.0. The summed E-state index contributed by atoms with van der Waals surface area (Å²) in [4.78, 5) is 9.44. The SMILES string of the molecule is CCN(C)c1nc(OC)nc2c(F)c(/C=C/C=C/F)c(C(F)(F)F)cc12. The first-order chi connectivity index (χ1) is 12.2. The molecule has 140 valence electrons. The van der Waals surface area contributed by atoms with Gasteiger partial charge in [-0.1, -0.05) is 12.2 Å². The zero-order valence-corrected chi connectivity index (χ0v) is 14.2. The van der Waals surface area contributed by atoms with E-state index < -0.39 is 23.1 Å². The van der Waals surface area contributed by atoms with Crippen LogP contribution in [0.3, 0.4) is 0 Å². The number of nitrogens with zero attached hydrogens (tertiary/aromatic N) is 3. The first-order valence-electron chi connectivity index (χ1n) is 7.54. The van der Waals surface area contributed by atoms with Gasteiger partial charge in [0.2, 0.25) is 0 Å². The average Bonchev–Trinajstić information content (AvgIpc) is 2.61. The number of ether oxygens (including phenoxy) is 1. The van der Waals surface area contributed by atoms with Crippen molar-refractivity contribution in [2.24, 2.45) is 0 Å². The Kier molecular flexibility index (Phi) is 5.79. The molecule has 0 unspecified atom stereocenters. The fraction of sp³-hybridized carbons (Fsp3) is 0.294. The number of benzene rings is 1. The normalized spacial score (nSPS) is 12.5. The van der Waals surface area contributed by atoms with Crippen molar-refractivity contribution in [1.82, 2.24) is 9.97 Å². The minimum atomic E-state index is -4.82. The number of methoxy groups -OCH3 is 1. The van der Waals surface area contributed by atoms with Crippen LogP contribution in [0.2, 0.25) is 0 Å². The van der Waals surface area contributed by atoms with Crippen LogP contribution >= 0.6 is 0 Å². The molecule has 0 bridgehead atoms. The minimum Gasteiger partial charge on any atom is -0.467 e. The second-order valence-corrected chi connectivity index (χ2v) is 5.27. The summed E-state index contributed by atoms with van der Waals surface area (Å²) < 4.78 is 72.3. The number of rotatable bonds is 5. The van der Waals surface area contributed by atoms with E-state index in [1.54, 1.807) is 18.9 Å². The van der Waals surface area contributed by atoms with Gasteiger partial charge in [0.1, 0.15) is 11.3 Å². The minimum absolute atomic E-state index is 0.0989. The second kappa shape index (κ2) is 7.67. The first kappa shape index (κ1) is 19.6. The van der Waals surface area contributed by atoms with Crippen molar-refractivity contribution in [3.8, 4) is 6.01 Å². The zero-order chi connectivity index (χ0) is 19.5. The van der Waals surface area contributed by atoms with Gasteiger partial charge in [-0.05, 0) is 19.1 Å². The average molecular weight is 373 g/mol. The highest BCUT2D eigenvalue weighted by Gasteiger charge is 2.36. The maximum atomic E-state index is 14.9. The van der Waals surface area contributed by atoms with Crippen LogP contribution < -0.4 is 9.64 Å². The summed E-state index contributed by atoms with van der Waals surface area (Å²) in [6.07, 6.45) is -2.04. The molecule has 0 atom stereocenters. The summed E-state index contributed by atoms with van der Waals surface area (Å²) in [5.74, 6) is -1.08. The van der Waals surface area contributed by atoms with Gasteiger partial charge in [0, 0.05) is 24.5 Å². The topological polar surface area (TPSA) is 38.2 Å². The zero-order valence-electron chi connectivity index (χ0n) is 14.2.